The lowest BCUT2D eigenvalue weighted by Crippen LogP contribution is -2.38. The van der Waals surface area contributed by atoms with Crippen LogP contribution in [0.1, 0.15) is 63.2 Å². The van der Waals surface area contributed by atoms with E-state index in [0.29, 0.717) is 39.2 Å². The van der Waals surface area contributed by atoms with Crippen LogP contribution in [-0.4, -0.2) is 40.8 Å². The predicted octanol–water partition coefficient (Wildman–Crippen LogP) is 9.36. The number of hydrogen-bond donors (Lipinski definition) is 2. The van der Waals surface area contributed by atoms with Crippen LogP contribution in [0.25, 0.3) is 11.1 Å². The van der Waals surface area contributed by atoms with Gasteiger partial charge in [0.1, 0.15) is 11.2 Å². The maximum atomic E-state index is 13.4. The summed E-state index contributed by atoms with van der Waals surface area (Å²) in [6.45, 7) is 13.0. The third kappa shape index (κ3) is 10.1. The van der Waals surface area contributed by atoms with Crippen molar-refractivity contribution >= 4 is 57.5 Å². The van der Waals surface area contributed by atoms with E-state index >= 15 is 0 Å². The van der Waals surface area contributed by atoms with Crippen molar-refractivity contribution in [2.75, 3.05) is 22.1 Å². The maximum absolute atomic E-state index is 13.4. The Kier molecular flexibility index (Phi) is 10.7. The van der Waals surface area contributed by atoms with Crippen LogP contribution in [-0.2, 0) is 15.9 Å². The summed E-state index contributed by atoms with van der Waals surface area (Å²) in [6.07, 6.45) is -0.691. The Bertz CT molecular complexity index is 1690. The first kappa shape index (κ1) is 34.5. The molecular weight excluding hydrogens is 624 g/mol. The van der Waals surface area contributed by atoms with Crippen molar-refractivity contribution in [1.82, 2.24) is 4.98 Å². The molecule has 3 amide bonds. The van der Waals surface area contributed by atoms with Gasteiger partial charge in [-0.15, -0.1) is 11.3 Å². The Hall–Kier alpha value is -4.41. The fourth-order valence-electron chi connectivity index (χ4n) is 4.39. The lowest BCUT2D eigenvalue weighted by atomic mass is 9.97. The summed E-state index contributed by atoms with van der Waals surface area (Å²) >= 11 is 7.35. The number of carbonyl (C=O) groups excluding carboxylic acids is 3. The van der Waals surface area contributed by atoms with Crippen molar-refractivity contribution in [1.29, 1.82) is 0 Å². The molecule has 0 saturated carbocycles. The molecule has 0 spiro atoms. The van der Waals surface area contributed by atoms with Crippen molar-refractivity contribution in [3.05, 3.63) is 94.0 Å². The van der Waals surface area contributed by atoms with Gasteiger partial charge in [0.15, 0.2) is 5.13 Å². The highest BCUT2D eigenvalue weighted by Crippen LogP contribution is 2.28. The molecule has 0 radical (unpaired) electrons. The summed E-state index contributed by atoms with van der Waals surface area (Å²) < 4.78 is 11.0. The van der Waals surface area contributed by atoms with Crippen molar-refractivity contribution in [2.24, 2.45) is 0 Å². The standard InChI is InChI=1S/C35H39ClN4O5S/c1-22-8-17-28(29(20-22)23-9-11-24(36)12-10-23)30(41)37-25-13-15-27(16-14-25)40(33(43)45-35(5,6)7)19-18-26-21-46-31(38-26)39-32(42)44-34(2,3)4/h8-17,20-21H,18-19H2,1-7H3,(H,37,41)(H,38,39,42). The SMILES string of the molecule is Cc1ccc(C(=O)Nc2ccc(N(CCc3csc(NC(=O)OC(C)(C)C)n3)C(=O)OC(C)(C)C)cc2)c(-c2ccc(Cl)cc2)c1. The number of thiazole rings is 1. The third-order valence-corrected chi connectivity index (χ3v) is 7.44. The zero-order valence-corrected chi connectivity index (χ0v) is 28.6. The molecule has 0 atom stereocenters. The van der Waals surface area contributed by atoms with Gasteiger partial charge in [-0.05, 0) is 102 Å². The fraction of sp³-hybridized carbons (Fsp3) is 0.314. The first-order valence-corrected chi connectivity index (χ1v) is 16.0. The molecule has 0 fully saturated rings. The molecule has 9 nitrogen and oxygen atoms in total. The van der Waals surface area contributed by atoms with E-state index in [0.717, 1.165) is 16.7 Å². The summed E-state index contributed by atoms with van der Waals surface area (Å²) in [5.74, 6) is -0.263. The number of nitrogens with one attached hydrogen (secondary N) is 2. The quantitative estimate of drug-likeness (QED) is 0.195. The highest BCUT2D eigenvalue weighted by atomic mass is 35.5. The minimum Gasteiger partial charge on any atom is -0.444 e. The lowest BCUT2D eigenvalue weighted by molar-refractivity contribution is 0.0578. The second-order valence-corrected chi connectivity index (χ2v) is 14.0. The van der Waals surface area contributed by atoms with Crippen LogP contribution in [0, 0.1) is 6.92 Å². The van der Waals surface area contributed by atoms with Gasteiger partial charge >= 0.3 is 12.2 Å². The van der Waals surface area contributed by atoms with E-state index in [2.05, 4.69) is 15.6 Å². The monoisotopic (exact) mass is 662 g/mol. The number of carbonyl (C=O) groups is 3. The van der Waals surface area contributed by atoms with E-state index in [-0.39, 0.29) is 12.5 Å². The summed E-state index contributed by atoms with van der Waals surface area (Å²) in [7, 11) is 0. The second kappa shape index (κ2) is 14.3. The Labute approximate surface area is 278 Å². The maximum Gasteiger partial charge on any atom is 0.414 e. The van der Waals surface area contributed by atoms with Crippen LogP contribution in [0.4, 0.5) is 26.1 Å². The molecule has 1 aromatic heterocycles. The van der Waals surface area contributed by atoms with E-state index < -0.39 is 23.4 Å². The zero-order valence-electron chi connectivity index (χ0n) is 27.1. The highest BCUT2D eigenvalue weighted by Gasteiger charge is 2.24. The normalized spacial score (nSPS) is 11.5. The summed E-state index contributed by atoms with van der Waals surface area (Å²) in [6, 6.07) is 20.0. The summed E-state index contributed by atoms with van der Waals surface area (Å²) in [5, 5.41) is 8.46. The van der Waals surface area contributed by atoms with Gasteiger partial charge in [0.2, 0.25) is 0 Å². The number of aryl methyl sites for hydroxylation is 1. The Morgan fingerprint density at radius 2 is 1.52 bits per heavy atom. The molecule has 0 aliphatic rings. The molecule has 0 bridgehead atoms. The van der Waals surface area contributed by atoms with Crippen LogP contribution >= 0.6 is 22.9 Å². The topological polar surface area (TPSA) is 110 Å². The van der Waals surface area contributed by atoms with Gasteiger partial charge in [-0.3, -0.25) is 15.0 Å². The number of hydrogen-bond acceptors (Lipinski definition) is 7. The summed E-state index contributed by atoms with van der Waals surface area (Å²) in [4.78, 5) is 44.8. The number of amides is 3. The molecule has 0 unspecified atom stereocenters. The molecule has 0 aliphatic carbocycles. The Morgan fingerprint density at radius 1 is 0.870 bits per heavy atom. The minimum atomic E-state index is -0.704. The number of anilines is 3. The molecule has 0 saturated heterocycles. The first-order valence-electron chi connectivity index (χ1n) is 14.8. The number of benzene rings is 3. The number of ether oxygens (including phenoxy) is 2. The molecule has 242 valence electrons. The van der Waals surface area contributed by atoms with Crippen LogP contribution in [0.2, 0.25) is 5.02 Å². The van der Waals surface area contributed by atoms with Crippen LogP contribution < -0.4 is 15.5 Å². The van der Waals surface area contributed by atoms with Gasteiger partial charge in [-0.25, -0.2) is 14.6 Å². The number of halogens is 1. The molecule has 2 N–H and O–H groups in total. The average Bonchev–Trinajstić information content (AvgIpc) is 3.39. The summed E-state index contributed by atoms with van der Waals surface area (Å²) in [5.41, 5.74) is 3.76. The Morgan fingerprint density at radius 3 is 2.15 bits per heavy atom. The molecule has 0 aliphatic heterocycles. The molecule has 1 heterocycles. The van der Waals surface area contributed by atoms with Crippen molar-refractivity contribution in [3.63, 3.8) is 0 Å². The van der Waals surface area contributed by atoms with Crippen LogP contribution in [0.15, 0.2) is 72.1 Å². The molecule has 4 aromatic rings. The van der Waals surface area contributed by atoms with E-state index in [1.807, 2.05) is 36.6 Å². The highest BCUT2D eigenvalue weighted by molar-refractivity contribution is 7.13. The molecule has 3 aromatic carbocycles. The third-order valence-electron chi connectivity index (χ3n) is 6.38. The average molecular weight is 663 g/mol. The number of rotatable bonds is 8. The van der Waals surface area contributed by atoms with Crippen LogP contribution in [0.5, 0.6) is 0 Å². The fourth-order valence-corrected chi connectivity index (χ4v) is 5.24. The predicted molar refractivity (Wildman–Crippen MR) is 185 cm³/mol. The number of aromatic nitrogens is 1. The van der Waals surface area contributed by atoms with E-state index in [1.165, 1.54) is 16.2 Å². The lowest BCUT2D eigenvalue weighted by Gasteiger charge is -2.27. The molecular formula is C35H39ClN4O5S. The smallest absolute Gasteiger partial charge is 0.414 e. The van der Waals surface area contributed by atoms with Gasteiger partial charge in [0.05, 0.1) is 5.69 Å². The van der Waals surface area contributed by atoms with Crippen molar-refractivity contribution in [3.8, 4) is 11.1 Å². The molecule has 11 heteroatoms. The van der Waals surface area contributed by atoms with E-state index in [4.69, 9.17) is 21.1 Å². The van der Waals surface area contributed by atoms with Crippen molar-refractivity contribution < 1.29 is 23.9 Å². The van der Waals surface area contributed by atoms with Crippen molar-refractivity contribution in [2.45, 2.75) is 66.1 Å². The van der Waals surface area contributed by atoms with Gasteiger partial charge < -0.3 is 14.8 Å². The first-order chi connectivity index (χ1) is 21.6. The Balaban J connectivity index is 1.48. The largest absolute Gasteiger partial charge is 0.444 e. The van der Waals surface area contributed by atoms with Gasteiger partial charge in [-0.2, -0.15) is 0 Å². The molecule has 46 heavy (non-hydrogen) atoms. The number of nitrogens with zero attached hydrogens (tertiary/aromatic N) is 2. The minimum absolute atomic E-state index is 0.263. The second-order valence-electron chi connectivity index (χ2n) is 12.7. The van der Waals surface area contributed by atoms with Gasteiger partial charge in [0, 0.05) is 40.3 Å². The van der Waals surface area contributed by atoms with E-state index in [9.17, 15) is 14.4 Å². The van der Waals surface area contributed by atoms with Crippen LogP contribution in [0.3, 0.4) is 0 Å². The molecule has 4 rings (SSSR count). The van der Waals surface area contributed by atoms with Gasteiger partial charge in [-0.1, -0.05) is 41.4 Å². The van der Waals surface area contributed by atoms with E-state index in [1.54, 1.807) is 84.0 Å². The zero-order chi connectivity index (χ0) is 33.6. The van der Waals surface area contributed by atoms with Gasteiger partial charge in [0.25, 0.3) is 5.91 Å².